The number of nitrogens with zero attached hydrogens (tertiary/aromatic N) is 4. The second kappa shape index (κ2) is 15.4. The van der Waals surface area contributed by atoms with Gasteiger partial charge in [0.15, 0.2) is 11.6 Å². The highest BCUT2D eigenvalue weighted by Gasteiger charge is 2.36. The standard InChI is InChI=1S/C34H37ClF2N4O7S2/c1-34(2,3)48-33(42)40-13-12-26(21-6-9-24(35)10-7-21)23(17-40)19-47-30-15-28(37)31(16-27(30)36)50(43,44)41(32-38-20-39-49-32)18-22-8-11-25(45-4)14-29(22)46-5/h6-11,14-16,20,23,26H,12-13,17-19H2,1-5H3/t23-,26-/m0/s1. The first-order chi connectivity index (χ1) is 23.7. The monoisotopic (exact) mass is 750 g/mol. The van der Waals surface area contributed by atoms with E-state index in [1.54, 1.807) is 56.0 Å². The number of carbonyl (C=O) groups excluding carboxylic acids is 1. The fourth-order valence-electron chi connectivity index (χ4n) is 5.65. The minimum atomic E-state index is -4.73. The maximum absolute atomic E-state index is 15.8. The van der Waals surface area contributed by atoms with E-state index in [-0.39, 0.29) is 36.7 Å². The van der Waals surface area contributed by atoms with Crippen molar-refractivity contribution in [3.8, 4) is 17.2 Å². The number of halogens is 3. The Bertz CT molecular complexity index is 1910. The predicted octanol–water partition coefficient (Wildman–Crippen LogP) is 7.30. The quantitative estimate of drug-likeness (QED) is 0.156. The summed E-state index contributed by atoms with van der Waals surface area (Å²) in [6, 6.07) is 13.4. The van der Waals surface area contributed by atoms with Gasteiger partial charge in [-0.05, 0) is 62.9 Å². The first-order valence-corrected chi connectivity index (χ1v) is 18.1. The third-order valence-electron chi connectivity index (χ3n) is 8.06. The molecule has 5 rings (SSSR count). The highest BCUT2D eigenvalue weighted by atomic mass is 35.5. The number of hydrogen-bond donors (Lipinski definition) is 0. The van der Waals surface area contributed by atoms with Crippen molar-refractivity contribution in [1.82, 2.24) is 14.3 Å². The molecule has 0 unspecified atom stereocenters. The molecule has 1 aliphatic heterocycles. The molecule has 1 aliphatic rings. The molecule has 0 N–H and O–H groups in total. The van der Waals surface area contributed by atoms with E-state index in [0.717, 1.165) is 27.7 Å². The summed E-state index contributed by atoms with van der Waals surface area (Å²) >= 11 is 6.88. The fourth-order valence-corrected chi connectivity index (χ4v) is 7.96. The van der Waals surface area contributed by atoms with Gasteiger partial charge in [-0.15, -0.1) is 0 Å². The van der Waals surface area contributed by atoms with Crippen LogP contribution in [0.25, 0.3) is 0 Å². The number of sulfonamides is 1. The number of aromatic nitrogens is 2. The molecule has 0 spiro atoms. The molecule has 4 aromatic rings. The Balaban J connectivity index is 1.41. The maximum Gasteiger partial charge on any atom is 0.410 e. The van der Waals surface area contributed by atoms with E-state index in [1.807, 2.05) is 12.1 Å². The Kier molecular flexibility index (Phi) is 11.4. The molecule has 0 saturated carbocycles. The number of methoxy groups -OCH3 is 2. The number of anilines is 1. The normalized spacial score (nSPS) is 16.5. The van der Waals surface area contributed by atoms with Crippen LogP contribution in [-0.2, 0) is 21.3 Å². The molecule has 268 valence electrons. The van der Waals surface area contributed by atoms with Gasteiger partial charge in [0.1, 0.15) is 34.1 Å². The van der Waals surface area contributed by atoms with Crippen LogP contribution in [-0.4, -0.2) is 68.3 Å². The number of hydrogen-bond acceptors (Lipinski definition) is 10. The van der Waals surface area contributed by atoms with Crippen LogP contribution in [0.1, 0.15) is 44.2 Å². The van der Waals surface area contributed by atoms with E-state index < -0.39 is 44.0 Å². The lowest BCUT2D eigenvalue weighted by Crippen LogP contribution is -2.46. The zero-order valence-electron chi connectivity index (χ0n) is 28.1. The number of rotatable bonds is 11. The van der Waals surface area contributed by atoms with Gasteiger partial charge in [-0.3, -0.25) is 0 Å². The summed E-state index contributed by atoms with van der Waals surface area (Å²) in [5.74, 6) is -2.47. The number of likely N-dealkylation sites (tertiary alicyclic amines) is 1. The van der Waals surface area contributed by atoms with Crippen molar-refractivity contribution in [2.75, 3.05) is 38.2 Å². The Morgan fingerprint density at radius 1 is 1.04 bits per heavy atom. The smallest absolute Gasteiger partial charge is 0.410 e. The maximum atomic E-state index is 15.8. The molecule has 1 amide bonds. The van der Waals surface area contributed by atoms with E-state index in [9.17, 15) is 13.2 Å². The topological polar surface area (TPSA) is 120 Å². The van der Waals surface area contributed by atoms with Gasteiger partial charge in [0.2, 0.25) is 5.13 Å². The lowest BCUT2D eigenvalue weighted by atomic mass is 9.81. The molecule has 1 aromatic heterocycles. The molecule has 0 bridgehead atoms. The molecular weight excluding hydrogens is 714 g/mol. The molecule has 1 saturated heterocycles. The summed E-state index contributed by atoms with van der Waals surface area (Å²) in [6.07, 6.45) is 1.23. The summed E-state index contributed by atoms with van der Waals surface area (Å²) < 4.78 is 86.2. The van der Waals surface area contributed by atoms with Crippen molar-refractivity contribution < 1.29 is 40.9 Å². The first-order valence-electron chi connectivity index (χ1n) is 15.6. The van der Waals surface area contributed by atoms with Crippen LogP contribution in [0, 0.1) is 17.6 Å². The zero-order chi connectivity index (χ0) is 36.2. The Morgan fingerprint density at radius 3 is 2.42 bits per heavy atom. The van der Waals surface area contributed by atoms with Crippen LogP contribution in [0.4, 0.5) is 18.7 Å². The van der Waals surface area contributed by atoms with Crippen molar-refractivity contribution in [3.05, 3.63) is 88.7 Å². The SMILES string of the molecule is COc1ccc(CN(c2ncns2)S(=O)(=O)c2cc(F)c(OC[C@@H]3CN(C(=O)OC(C)(C)C)CC[C@H]3c3ccc(Cl)cc3)cc2F)c(OC)c1. The van der Waals surface area contributed by atoms with Gasteiger partial charge < -0.3 is 23.8 Å². The fraction of sp³-hybridized carbons (Fsp3) is 0.382. The summed E-state index contributed by atoms with van der Waals surface area (Å²) in [7, 11) is -1.85. The van der Waals surface area contributed by atoms with Gasteiger partial charge in [0, 0.05) is 59.3 Å². The number of amides is 1. The van der Waals surface area contributed by atoms with Gasteiger partial charge in [-0.2, -0.15) is 4.37 Å². The highest BCUT2D eigenvalue weighted by molar-refractivity contribution is 7.93. The summed E-state index contributed by atoms with van der Waals surface area (Å²) in [5.41, 5.74) is 0.659. The van der Waals surface area contributed by atoms with Crippen LogP contribution < -0.4 is 18.5 Å². The highest BCUT2D eigenvalue weighted by Crippen LogP contribution is 2.37. The molecule has 16 heteroatoms. The zero-order valence-corrected chi connectivity index (χ0v) is 30.4. The third-order valence-corrected chi connectivity index (χ3v) is 10.9. The van der Waals surface area contributed by atoms with Crippen LogP contribution >= 0.6 is 23.1 Å². The molecule has 2 heterocycles. The molecule has 2 atom stereocenters. The molecule has 1 fully saturated rings. The van der Waals surface area contributed by atoms with Crippen LogP contribution in [0.3, 0.4) is 0 Å². The minimum absolute atomic E-state index is 0.0666. The lowest BCUT2D eigenvalue weighted by molar-refractivity contribution is 0.0110. The second-order valence-electron chi connectivity index (χ2n) is 12.6. The van der Waals surface area contributed by atoms with E-state index in [2.05, 4.69) is 9.36 Å². The van der Waals surface area contributed by atoms with Crippen molar-refractivity contribution >= 4 is 44.4 Å². The Hall–Kier alpha value is -4.21. The second-order valence-corrected chi connectivity index (χ2v) is 15.6. The number of carbonyl (C=O) groups is 1. The average Bonchev–Trinajstić information content (AvgIpc) is 3.61. The van der Waals surface area contributed by atoms with E-state index in [0.29, 0.717) is 47.2 Å². The van der Waals surface area contributed by atoms with Gasteiger partial charge in [0.05, 0.1) is 27.4 Å². The largest absolute Gasteiger partial charge is 0.497 e. The van der Waals surface area contributed by atoms with Crippen LogP contribution in [0.2, 0.25) is 5.02 Å². The molecule has 0 radical (unpaired) electrons. The average molecular weight is 751 g/mol. The Morgan fingerprint density at radius 2 is 1.78 bits per heavy atom. The van der Waals surface area contributed by atoms with Crippen molar-refractivity contribution in [1.29, 1.82) is 0 Å². The molecule has 0 aliphatic carbocycles. The predicted molar refractivity (Wildman–Crippen MR) is 185 cm³/mol. The molecule has 11 nitrogen and oxygen atoms in total. The molecular formula is C34H37ClF2N4O7S2. The summed E-state index contributed by atoms with van der Waals surface area (Å²) in [4.78, 5) is 17.6. The Labute approximate surface area is 298 Å². The van der Waals surface area contributed by atoms with Gasteiger partial charge in [-0.1, -0.05) is 23.7 Å². The number of benzene rings is 3. The van der Waals surface area contributed by atoms with Crippen molar-refractivity contribution in [2.45, 2.75) is 50.2 Å². The van der Waals surface area contributed by atoms with E-state index in [1.165, 1.54) is 14.2 Å². The van der Waals surface area contributed by atoms with Crippen molar-refractivity contribution in [2.24, 2.45) is 5.92 Å². The van der Waals surface area contributed by atoms with Crippen molar-refractivity contribution in [3.63, 3.8) is 0 Å². The van der Waals surface area contributed by atoms with Gasteiger partial charge in [-0.25, -0.2) is 31.3 Å². The minimum Gasteiger partial charge on any atom is -0.497 e. The first kappa shape index (κ1) is 37.1. The summed E-state index contributed by atoms with van der Waals surface area (Å²) in [5, 5.41) is 0.497. The third kappa shape index (κ3) is 8.56. The summed E-state index contributed by atoms with van der Waals surface area (Å²) in [6.45, 7) is 5.53. The van der Waals surface area contributed by atoms with Gasteiger partial charge in [0.25, 0.3) is 10.0 Å². The molecule has 50 heavy (non-hydrogen) atoms. The van der Waals surface area contributed by atoms with E-state index >= 15 is 8.78 Å². The molecule has 3 aromatic carbocycles. The lowest BCUT2D eigenvalue weighted by Gasteiger charge is -2.39. The van der Waals surface area contributed by atoms with E-state index in [4.69, 9.17) is 30.5 Å². The number of ether oxygens (including phenoxy) is 4. The van der Waals surface area contributed by atoms with Crippen LogP contribution in [0.5, 0.6) is 17.2 Å². The van der Waals surface area contributed by atoms with Gasteiger partial charge >= 0.3 is 6.09 Å². The van der Waals surface area contributed by atoms with Crippen LogP contribution in [0.15, 0.2) is 65.8 Å². The number of piperidine rings is 1.